The number of hydrogen-bond acceptors (Lipinski definition) is 1. The molecule has 0 rings (SSSR count). The van der Waals surface area contributed by atoms with E-state index in [4.69, 9.17) is 11.5 Å². The molecular weight excluding hydrogens is 116 g/mol. The number of hydrogen-bond donors (Lipinski definition) is 2. The Morgan fingerprint density at radius 1 is 1.44 bits per heavy atom. The van der Waals surface area contributed by atoms with Gasteiger partial charge in [0.2, 0.25) is 0 Å². The second-order valence-electron chi connectivity index (χ2n) is 2.34. The van der Waals surface area contributed by atoms with Gasteiger partial charge in [-0.1, -0.05) is 0 Å². The van der Waals surface area contributed by atoms with Crippen LogP contribution >= 0.6 is 0 Å². The zero-order valence-electron chi connectivity index (χ0n) is 6.26. The van der Waals surface area contributed by atoms with Crippen molar-refractivity contribution in [1.82, 2.24) is 4.90 Å². The molecule has 0 spiro atoms. The van der Waals surface area contributed by atoms with Crippen molar-refractivity contribution >= 4 is 5.96 Å². The van der Waals surface area contributed by atoms with E-state index in [9.17, 15) is 0 Å². The molecule has 0 aliphatic rings. The van der Waals surface area contributed by atoms with Gasteiger partial charge >= 0.3 is 5.96 Å². The molecule has 0 amide bonds. The van der Waals surface area contributed by atoms with E-state index in [0.29, 0.717) is 5.96 Å². The van der Waals surface area contributed by atoms with E-state index in [2.05, 4.69) is 0 Å². The molecular formula is C5H15N4+. The van der Waals surface area contributed by atoms with Crippen molar-refractivity contribution in [2.75, 3.05) is 27.8 Å². The van der Waals surface area contributed by atoms with Crippen molar-refractivity contribution < 1.29 is 4.58 Å². The molecule has 4 N–H and O–H groups in total. The maximum absolute atomic E-state index is 5.28. The normalized spacial score (nSPS) is 9.78. The summed E-state index contributed by atoms with van der Waals surface area (Å²) in [7, 11) is 5.76. The van der Waals surface area contributed by atoms with E-state index in [1.54, 1.807) is 4.58 Å². The first kappa shape index (κ1) is 8.23. The van der Waals surface area contributed by atoms with Crippen molar-refractivity contribution in [1.29, 1.82) is 0 Å². The Kier molecular flexibility index (Phi) is 3.01. The molecule has 0 atom stereocenters. The highest BCUT2D eigenvalue weighted by Gasteiger charge is 1.96. The Labute approximate surface area is 55.7 Å². The highest BCUT2D eigenvalue weighted by atomic mass is 15.2. The first-order valence-electron chi connectivity index (χ1n) is 2.78. The Morgan fingerprint density at radius 3 is 2.00 bits per heavy atom. The summed E-state index contributed by atoms with van der Waals surface area (Å²) >= 11 is 0. The molecule has 0 aliphatic heterocycles. The average Bonchev–Trinajstić information content (AvgIpc) is 1.63. The minimum Gasteiger partial charge on any atom is -0.291 e. The first-order valence-corrected chi connectivity index (χ1v) is 2.78. The summed E-state index contributed by atoms with van der Waals surface area (Å²) in [5, 5.41) is 0. The van der Waals surface area contributed by atoms with Crippen LogP contribution in [0.3, 0.4) is 0 Å². The molecule has 4 nitrogen and oxygen atoms in total. The molecule has 54 valence electrons. The topological polar surface area (TPSA) is 58.3 Å². The zero-order chi connectivity index (χ0) is 7.44. The monoisotopic (exact) mass is 131 g/mol. The van der Waals surface area contributed by atoms with Crippen LogP contribution in [0.15, 0.2) is 0 Å². The fourth-order valence-corrected chi connectivity index (χ4v) is 0.506. The highest BCUT2D eigenvalue weighted by molar-refractivity contribution is 5.70. The van der Waals surface area contributed by atoms with E-state index in [-0.39, 0.29) is 0 Å². The molecule has 0 bridgehead atoms. The van der Waals surface area contributed by atoms with Crippen LogP contribution in [0.25, 0.3) is 0 Å². The lowest BCUT2D eigenvalue weighted by Crippen LogP contribution is -2.37. The smallest absolute Gasteiger partial charge is 0.291 e. The largest absolute Gasteiger partial charge is 0.341 e. The van der Waals surface area contributed by atoms with Crippen LogP contribution in [0.2, 0.25) is 0 Å². The molecule has 0 radical (unpaired) electrons. The van der Waals surface area contributed by atoms with Crippen LogP contribution in [0.4, 0.5) is 0 Å². The third-order valence-corrected chi connectivity index (χ3v) is 0.936. The molecule has 0 heterocycles. The summed E-state index contributed by atoms with van der Waals surface area (Å²) < 4.78 is 1.76. The Balaban J connectivity index is 3.77. The van der Waals surface area contributed by atoms with E-state index < -0.39 is 0 Å². The van der Waals surface area contributed by atoms with Gasteiger partial charge in [-0.2, -0.15) is 0 Å². The van der Waals surface area contributed by atoms with Crippen LogP contribution in [0.1, 0.15) is 0 Å². The van der Waals surface area contributed by atoms with Gasteiger partial charge in [0.1, 0.15) is 6.67 Å². The molecule has 0 saturated heterocycles. The first-order chi connectivity index (χ1) is 4.04. The van der Waals surface area contributed by atoms with Crippen LogP contribution in [0.5, 0.6) is 0 Å². The Bertz CT molecular complexity index is 112. The summed E-state index contributed by atoms with van der Waals surface area (Å²) in [6.07, 6.45) is 0. The molecule has 0 saturated carbocycles. The van der Waals surface area contributed by atoms with Crippen LogP contribution in [-0.2, 0) is 0 Å². The second kappa shape index (κ2) is 3.29. The van der Waals surface area contributed by atoms with Gasteiger partial charge < -0.3 is 0 Å². The molecule has 0 fully saturated rings. The second-order valence-corrected chi connectivity index (χ2v) is 2.34. The Morgan fingerprint density at radius 2 is 1.89 bits per heavy atom. The third-order valence-electron chi connectivity index (χ3n) is 0.936. The van der Waals surface area contributed by atoms with Gasteiger partial charge in [-0.25, -0.2) is 0 Å². The number of nitrogens with zero attached hydrogens (tertiary/aromatic N) is 2. The summed E-state index contributed by atoms with van der Waals surface area (Å²) in [6.45, 7) is 0.752. The number of nitrogens with two attached hydrogens (primary N) is 2. The zero-order valence-corrected chi connectivity index (χ0v) is 6.26. The van der Waals surface area contributed by atoms with Gasteiger partial charge in [0.05, 0.1) is 7.05 Å². The lowest BCUT2D eigenvalue weighted by atomic mass is 10.8. The molecule has 0 unspecified atom stereocenters. The predicted octanol–water partition coefficient (Wildman–Crippen LogP) is -1.58. The summed E-state index contributed by atoms with van der Waals surface area (Å²) in [5.74, 6) is 0.351. The SMILES string of the molecule is CN(C)C[N+](C)=C(N)N. The van der Waals surface area contributed by atoms with Gasteiger partial charge in [-0.3, -0.25) is 20.9 Å². The molecule has 0 aliphatic carbocycles. The highest BCUT2D eigenvalue weighted by Crippen LogP contribution is 1.71. The molecule has 4 heteroatoms. The maximum Gasteiger partial charge on any atom is 0.341 e. The predicted molar refractivity (Wildman–Crippen MR) is 38.1 cm³/mol. The summed E-state index contributed by atoms with van der Waals surface area (Å²) in [5.41, 5.74) is 10.6. The maximum atomic E-state index is 5.28. The number of guanidine groups is 1. The fraction of sp³-hybridized carbons (Fsp3) is 0.800. The van der Waals surface area contributed by atoms with Crippen molar-refractivity contribution in [3.63, 3.8) is 0 Å². The number of rotatable bonds is 2. The van der Waals surface area contributed by atoms with Crippen molar-refractivity contribution in [3.8, 4) is 0 Å². The molecule has 0 aromatic heterocycles. The fourth-order valence-electron chi connectivity index (χ4n) is 0.506. The van der Waals surface area contributed by atoms with Gasteiger partial charge in [0.25, 0.3) is 0 Å². The minimum absolute atomic E-state index is 0.351. The lowest BCUT2D eigenvalue weighted by Gasteiger charge is -2.08. The lowest BCUT2D eigenvalue weighted by molar-refractivity contribution is -0.519. The molecule has 0 aromatic rings. The standard InChI is InChI=1S/C5H14N4/c1-8(2)4-9(3)5(6)7/h4H2,1-3H3,(H3,6,7)/p+1. The van der Waals surface area contributed by atoms with E-state index >= 15 is 0 Å². The van der Waals surface area contributed by atoms with Crippen molar-refractivity contribution in [2.45, 2.75) is 0 Å². The van der Waals surface area contributed by atoms with E-state index in [1.807, 2.05) is 26.0 Å². The summed E-state index contributed by atoms with van der Waals surface area (Å²) in [4.78, 5) is 1.99. The summed E-state index contributed by atoms with van der Waals surface area (Å²) in [6, 6.07) is 0. The minimum atomic E-state index is 0.351. The third kappa shape index (κ3) is 3.78. The quantitative estimate of drug-likeness (QED) is 0.206. The van der Waals surface area contributed by atoms with Gasteiger partial charge in [-0.05, 0) is 14.1 Å². The van der Waals surface area contributed by atoms with Crippen molar-refractivity contribution in [2.24, 2.45) is 11.5 Å². The van der Waals surface area contributed by atoms with Gasteiger partial charge in [0.15, 0.2) is 0 Å². The van der Waals surface area contributed by atoms with Gasteiger partial charge in [-0.15, -0.1) is 0 Å². The van der Waals surface area contributed by atoms with E-state index in [1.165, 1.54) is 0 Å². The van der Waals surface area contributed by atoms with Crippen LogP contribution < -0.4 is 11.5 Å². The molecule has 9 heavy (non-hydrogen) atoms. The van der Waals surface area contributed by atoms with Crippen LogP contribution in [-0.4, -0.2) is 43.2 Å². The van der Waals surface area contributed by atoms with Crippen LogP contribution in [0, 0.1) is 0 Å². The van der Waals surface area contributed by atoms with Crippen molar-refractivity contribution in [3.05, 3.63) is 0 Å². The average molecular weight is 131 g/mol. The Hall–Kier alpha value is -0.770. The molecule has 0 aromatic carbocycles. The van der Waals surface area contributed by atoms with E-state index in [0.717, 1.165) is 6.67 Å². The van der Waals surface area contributed by atoms with Gasteiger partial charge in [0, 0.05) is 0 Å².